The summed E-state index contributed by atoms with van der Waals surface area (Å²) in [6.45, 7) is 3.41. The number of carbonyl (C=O) groups is 3. The molecular formula is C16H13I3NO4-. The molecule has 5 nitrogen and oxygen atoms in total. The molecule has 128 valence electrons. The van der Waals surface area contributed by atoms with Crippen LogP contribution in [0.2, 0.25) is 0 Å². The van der Waals surface area contributed by atoms with Crippen molar-refractivity contribution in [3.05, 3.63) is 34.0 Å². The highest BCUT2D eigenvalue weighted by Crippen LogP contribution is 2.37. The molecule has 0 aromatic heterocycles. The fourth-order valence-electron chi connectivity index (χ4n) is 2.45. The van der Waals surface area contributed by atoms with Crippen molar-refractivity contribution in [3.63, 3.8) is 0 Å². The quantitative estimate of drug-likeness (QED) is 0.359. The number of halogens is 3. The molecule has 2 amide bonds. The number of rotatable bonds is 5. The number of hydrogen-bond donors (Lipinski definition) is 0. The van der Waals surface area contributed by atoms with Gasteiger partial charge >= 0.3 is 0 Å². The number of aliphatic carboxylic acids is 1. The van der Waals surface area contributed by atoms with Crippen molar-refractivity contribution in [2.24, 2.45) is 5.92 Å². The lowest BCUT2D eigenvalue weighted by Gasteiger charge is -2.23. The Morgan fingerprint density at radius 1 is 1.25 bits per heavy atom. The van der Waals surface area contributed by atoms with Crippen molar-refractivity contribution >= 4 is 91.2 Å². The van der Waals surface area contributed by atoms with Gasteiger partial charge in [-0.1, -0.05) is 6.92 Å². The van der Waals surface area contributed by atoms with Gasteiger partial charge in [0.05, 0.1) is 5.69 Å². The number of anilines is 1. The van der Waals surface area contributed by atoms with Crippen LogP contribution in [0.4, 0.5) is 5.69 Å². The van der Waals surface area contributed by atoms with E-state index in [9.17, 15) is 19.5 Å². The van der Waals surface area contributed by atoms with E-state index in [1.54, 1.807) is 13.8 Å². The summed E-state index contributed by atoms with van der Waals surface area (Å²) in [4.78, 5) is 37.0. The first-order valence-corrected chi connectivity index (χ1v) is 10.4. The third kappa shape index (κ3) is 3.79. The van der Waals surface area contributed by atoms with Crippen LogP contribution in [-0.4, -0.2) is 17.8 Å². The molecule has 1 aromatic rings. The molecule has 2 rings (SSSR count). The first-order chi connectivity index (χ1) is 11.2. The van der Waals surface area contributed by atoms with E-state index in [2.05, 4.69) is 67.8 Å². The molecule has 1 heterocycles. The molecule has 0 bridgehead atoms. The van der Waals surface area contributed by atoms with Gasteiger partial charge in [0, 0.05) is 34.2 Å². The summed E-state index contributed by atoms with van der Waals surface area (Å²) in [6.07, 6.45) is 2.09. The van der Waals surface area contributed by atoms with E-state index in [4.69, 9.17) is 0 Å². The number of carboxylic acid groups (broad SMARTS) is 1. The lowest BCUT2D eigenvalue weighted by atomic mass is 9.96. The smallest absolute Gasteiger partial charge is 0.261 e. The number of benzene rings is 1. The highest BCUT2D eigenvalue weighted by molar-refractivity contribution is 14.1. The van der Waals surface area contributed by atoms with Crippen molar-refractivity contribution in [2.45, 2.75) is 26.7 Å². The number of hydrogen-bond acceptors (Lipinski definition) is 4. The lowest BCUT2D eigenvalue weighted by Crippen LogP contribution is -2.34. The second kappa shape index (κ2) is 7.98. The normalized spacial score (nSPS) is 15.7. The molecule has 1 unspecified atom stereocenters. The minimum atomic E-state index is -1.09. The Balaban J connectivity index is 2.55. The zero-order chi connectivity index (χ0) is 18.2. The molecule has 0 spiro atoms. The second-order valence-electron chi connectivity index (χ2n) is 5.42. The van der Waals surface area contributed by atoms with Crippen LogP contribution in [0.5, 0.6) is 0 Å². The maximum Gasteiger partial charge on any atom is 0.261 e. The van der Waals surface area contributed by atoms with Gasteiger partial charge in [-0.2, -0.15) is 0 Å². The van der Waals surface area contributed by atoms with Crippen molar-refractivity contribution < 1.29 is 19.5 Å². The average Bonchev–Trinajstić information content (AvgIpc) is 2.73. The molecule has 0 fully saturated rings. The first kappa shape index (κ1) is 20.1. The van der Waals surface area contributed by atoms with Crippen LogP contribution in [-0.2, 0) is 20.8 Å². The van der Waals surface area contributed by atoms with Crippen LogP contribution in [0.1, 0.15) is 25.8 Å². The van der Waals surface area contributed by atoms with Crippen LogP contribution >= 0.6 is 67.8 Å². The minimum absolute atomic E-state index is 0.307. The van der Waals surface area contributed by atoms with Gasteiger partial charge in [0.15, 0.2) is 0 Å². The molecule has 24 heavy (non-hydrogen) atoms. The van der Waals surface area contributed by atoms with Crippen LogP contribution in [0.3, 0.4) is 0 Å². The predicted octanol–water partition coefficient (Wildman–Crippen LogP) is 2.64. The standard InChI is InChI=1S/C16H14I3NO4/c1-3-8(16(23)24)5-9-10(17)6-11(18)14(13(9)19)20-12(21)4-7(2)15(20)22/h4,6,8H,3,5H2,1-2H3,(H,23,24)/p-1. The Labute approximate surface area is 180 Å². The Bertz CT molecular complexity index is 773. The zero-order valence-corrected chi connectivity index (χ0v) is 19.3. The number of carboxylic acids is 1. The van der Waals surface area contributed by atoms with E-state index in [-0.39, 0.29) is 11.8 Å². The molecule has 8 heteroatoms. The number of amides is 2. The SMILES string of the molecule is CCC(Cc1c(I)cc(I)c(N2C(=O)C=C(C)C2=O)c1I)C(=O)[O-]. The molecule has 1 aromatic carbocycles. The fraction of sp³-hybridized carbons (Fsp3) is 0.312. The molecule has 0 saturated carbocycles. The number of nitrogens with zero attached hydrogens (tertiary/aromatic N) is 1. The summed E-state index contributed by atoms with van der Waals surface area (Å²) in [5, 5.41) is 11.3. The molecule has 0 saturated heterocycles. The van der Waals surface area contributed by atoms with Crippen molar-refractivity contribution in [3.8, 4) is 0 Å². The summed E-state index contributed by atoms with van der Waals surface area (Å²) in [6, 6.07) is 1.87. The van der Waals surface area contributed by atoms with E-state index in [1.165, 1.54) is 11.0 Å². The largest absolute Gasteiger partial charge is 0.550 e. The predicted molar refractivity (Wildman–Crippen MR) is 113 cm³/mol. The van der Waals surface area contributed by atoms with Gasteiger partial charge in [-0.05, 0) is 99.2 Å². The van der Waals surface area contributed by atoms with Gasteiger partial charge < -0.3 is 9.90 Å². The summed E-state index contributed by atoms with van der Waals surface area (Å²) < 4.78 is 2.42. The number of imide groups is 1. The maximum absolute atomic E-state index is 12.3. The topological polar surface area (TPSA) is 77.5 Å². The third-order valence-corrected chi connectivity index (χ3v) is 6.79. The van der Waals surface area contributed by atoms with Crippen LogP contribution < -0.4 is 10.0 Å². The van der Waals surface area contributed by atoms with E-state index >= 15 is 0 Å². The average molecular weight is 664 g/mol. The lowest BCUT2D eigenvalue weighted by molar-refractivity contribution is -0.311. The Hall–Kier alpha value is -0.240. The van der Waals surface area contributed by atoms with Crippen LogP contribution in [0.25, 0.3) is 0 Å². The molecule has 1 aliphatic heterocycles. The highest BCUT2D eigenvalue weighted by Gasteiger charge is 2.33. The van der Waals surface area contributed by atoms with Crippen LogP contribution in [0, 0.1) is 16.6 Å². The summed E-state index contributed by atoms with van der Waals surface area (Å²) >= 11 is 6.34. The fourth-order valence-corrected chi connectivity index (χ4v) is 6.75. The van der Waals surface area contributed by atoms with Gasteiger partial charge in [0.25, 0.3) is 11.8 Å². The summed E-state index contributed by atoms with van der Waals surface area (Å²) in [5.41, 5.74) is 1.75. The Morgan fingerprint density at radius 3 is 2.33 bits per heavy atom. The molecule has 1 aliphatic rings. The number of carbonyl (C=O) groups excluding carboxylic acids is 3. The molecule has 0 N–H and O–H groups in total. The third-order valence-electron chi connectivity index (χ3n) is 3.84. The van der Waals surface area contributed by atoms with E-state index in [0.29, 0.717) is 24.1 Å². The van der Waals surface area contributed by atoms with E-state index in [1.807, 2.05) is 6.07 Å². The van der Waals surface area contributed by atoms with Crippen LogP contribution in [0.15, 0.2) is 17.7 Å². The molecule has 0 aliphatic carbocycles. The van der Waals surface area contributed by atoms with E-state index < -0.39 is 11.9 Å². The van der Waals surface area contributed by atoms with Crippen molar-refractivity contribution in [1.82, 2.24) is 0 Å². The van der Waals surface area contributed by atoms with Crippen molar-refractivity contribution in [2.75, 3.05) is 4.90 Å². The van der Waals surface area contributed by atoms with Gasteiger partial charge in [-0.3, -0.25) is 9.59 Å². The molecule has 1 atom stereocenters. The Morgan fingerprint density at radius 2 is 1.88 bits per heavy atom. The minimum Gasteiger partial charge on any atom is -0.550 e. The highest BCUT2D eigenvalue weighted by atomic mass is 127. The summed E-state index contributed by atoms with van der Waals surface area (Å²) in [5.74, 6) is -2.40. The monoisotopic (exact) mass is 664 g/mol. The van der Waals surface area contributed by atoms with E-state index in [0.717, 1.165) is 16.3 Å². The molecule has 0 radical (unpaired) electrons. The van der Waals surface area contributed by atoms with Gasteiger partial charge in [0.2, 0.25) is 0 Å². The first-order valence-electron chi connectivity index (χ1n) is 7.12. The van der Waals surface area contributed by atoms with Gasteiger partial charge in [-0.25, -0.2) is 4.90 Å². The second-order valence-corrected chi connectivity index (χ2v) is 8.82. The maximum atomic E-state index is 12.3. The summed E-state index contributed by atoms with van der Waals surface area (Å²) in [7, 11) is 0. The van der Waals surface area contributed by atoms with Gasteiger partial charge in [0.1, 0.15) is 0 Å². The zero-order valence-electron chi connectivity index (χ0n) is 12.9. The Kier molecular flexibility index (Phi) is 6.67. The van der Waals surface area contributed by atoms with Gasteiger partial charge in [-0.15, -0.1) is 0 Å². The molecular weight excluding hydrogens is 651 g/mol. The van der Waals surface area contributed by atoms with Crippen molar-refractivity contribution in [1.29, 1.82) is 0 Å².